The number of anilines is 1. The number of benzene rings is 3. The first-order valence-electron chi connectivity index (χ1n) is 17.4. The van der Waals surface area contributed by atoms with Crippen LogP contribution < -0.4 is 31.0 Å². The van der Waals surface area contributed by atoms with Gasteiger partial charge in [0.2, 0.25) is 15.9 Å². The monoisotopic (exact) mass is 720 g/mol. The predicted molar refractivity (Wildman–Crippen MR) is 204 cm³/mol. The maximum Gasteiger partial charge on any atom is 0.251 e. The van der Waals surface area contributed by atoms with Gasteiger partial charge in [0.25, 0.3) is 11.8 Å². The normalized spacial score (nSPS) is 14.4. The zero-order valence-electron chi connectivity index (χ0n) is 29.7. The van der Waals surface area contributed by atoms with Crippen molar-refractivity contribution in [1.29, 1.82) is 0 Å². The number of hydrogen-bond donors (Lipinski definition) is 4. The van der Waals surface area contributed by atoms with Gasteiger partial charge in [0, 0.05) is 42.7 Å². The fourth-order valence-electron chi connectivity index (χ4n) is 5.67. The number of rotatable bonds is 17. The molecule has 3 amide bonds. The van der Waals surface area contributed by atoms with Crippen LogP contribution >= 0.6 is 0 Å². The highest BCUT2D eigenvalue weighted by molar-refractivity contribution is 7.92. The van der Waals surface area contributed by atoms with Crippen molar-refractivity contribution < 1.29 is 22.8 Å². The van der Waals surface area contributed by atoms with Crippen LogP contribution in [0.15, 0.2) is 97.3 Å². The molecule has 0 bridgehead atoms. The first-order valence-corrected chi connectivity index (χ1v) is 19.2. The summed E-state index contributed by atoms with van der Waals surface area (Å²) in [7, 11) is 1.97. The second-order valence-electron chi connectivity index (χ2n) is 13.4. The first-order chi connectivity index (χ1) is 24.9. The molecule has 13 heteroatoms. The average Bonchev–Trinajstić information content (AvgIpc) is 3.97. The summed E-state index contributed by atoms with van der Waals surface area (Å²) in [6, 6.07) is 23.1. The SMILES string of the molecule is [B]c1ccc(CN(c2cc(C(=O)NC(C)c3cccnc3)cc(C(=O)N[C@H](CN[C@@H](C)C(=O)NCC3CC3)Cc3ccccc3)c2)S(C)(=O)=O)cc1. The number of aromatic nitrogens is 1. The summed E-state index contributed by atoms with van der Waals surface area (Å²) in [6.45, 7) is 4.47. The van der Waals surface area contributed by atoms with Crippen LogP contribution in [0.1, 0.15) is 70.1 Å². The molecular weight excluding hydrogens is 675 g/mol. The van der Waals surface area contributed by atoms with Gasteiger partial charge in [0.15, 0.2) is 0 Å². The van der Waals surface area contributed by atoms with Crippen molar-refractivity contribution in [1.82, 2.24) is 26.3 Å². The Balaban J connectivity index is 1.44. The highest BCUT2D eigenvalue weighted by Crippen LogP contribution is 2.28. The number of carbonyl (C=O) groups excluding carboxylic acids is 3. The molecule has 3 atom stereocenters. The molecule has 0 aliphatic heterocycles. The largest absolute Gasteiger partial charge is 0.354 e. The Bertz CT molecular complexity index is 1940. The molecule has 4 N–H and O–H groups in total. The van der Waals surface area contributed by atoms with E-state index in [4.69, 9.17) is 7.85 Å². The lowest BCUT2D eigenvalue weighted by Crippen LogP contribution is -2.49. The van der Waals surface area contributed by atoms with E-state index in [1.165, 1.54) is 18.2 Å². The Kier molecular flexibility index (Phi) is 12.8. The van der Waals surface area contributed by atoms with Gasteiger partial charge in [-0.3, -0.25) is 23.7 Å². The quantitative estimate of drug-likeness (QED) is 0.123. The Morgan fingerprint density at radius 1 is 0.885 bits per heavy atom. The van der Waals surface area contributed by atoms with E-state index in [-0.39, 0.29) is 35.8 Å². The molecule has 11 nitrogen and oxygen atoms in total. The third-order valence-corrected chi connectivity index (χ3v) is 10.1. The second-order valence-corrected chi connectivity index (χ2v) is 15.3. The molecule has 0 spiro atoms. The number of carbonyl (C=O) groups is 3. The van der Waals surface area contributed by atoms with Crippen molar-refractivity contribution in [2.24, 2.45) is 5.92 Å². The van der Waals surface area contributed by atoms with Crippen LogP contribution in [-0.2, 0) is 27.8 Å². The molecule has 1 aliphatic carbocycles. The molecule has 0 saturated heterocycles. The number of amides is 3. The standard InChI is InChI=1S/C39H45BN6O5S/c1-26(31-10-7-17-41-23-31)44-38(48)32-19-33(21-36(20-32)46(52(3,50)51)25-30-13-15-34(40)16-14-30)39(49)45-35(18-28-8-5-4-6-9-28)24-42-27(2)37(47)43-22-29-11-12-29/h4-10,13-17,19-21,23,26-27,29,35,42H,11-12,18,22,24-25H2,1-3H3,(H,43,47)(H,44,48)(H,45,49)/t26?,27-,35-/m0/s1. The Hall–Kier alpha value is -5.01. The lowest BCUT2D eigenvalue weighted by atomic mass is 9.95. The molecule has 5 rings (SSSR count). The van der Waals surface area contributed by atoms with Crippen LogP contribution in [0.25, 0.3) is 0 Å². The minimum absolute atomic E-state index is 0.0570. The van der Waals surface area contributed by atoms with Crippen molar-refractivity contribution in [3.05, 3.63) is 125 Å². The molecule has 1 fully saturated rings. The van der Waals surface area contributed by atoms with Gasteiger partial charge in [-0.05, 0) is 80.0 Å². The smallest absolute Gasteiger partial charge is 0.251 e. The van der Waals surface area contributed by atoms with E-state index in [1.807, 2.05) is 43.3 Å². The van der Waals surface area contributed by atoms with Gasteiger partial charge in [-0.2, -0.15) is 0 Å². The van der Waals surface area contributed by atoms with E-state index in [1.54, 1.807) is 49.6 Å². The van der Waals surface area contributed by atoms with Gasteiger partial charge in [-0.15, -0.1) is 0 Å². The van der Waals surface area contributed by atoms with Crippen LogP contribution in [0.5, 0.6) is 0 Å². The van der Waals surface area contributed by atoms with E-state index < -0.39 is 40.0 Å². The van der Waals surface area contributed by atoms with Crippen molar-refractivity contribution in [2.45, 2.75) is 57.8 Å². The van der Waals surface area contributed by atoms with Crippen LogP contribution in [0.4, 0.5) is 5.69 Å². The summed E-state index contributed by atoms with van der Waals surface area (Å²) >= 11 is 0. The Morgan fingerprint density at radius 3 is 2.17 bits per heavy atom. The molecule has 1 aliphatic rings. The van der Waals surface area contributed by atoms with E-state index in [0.717, 1.165) is 34.5 Å². The summed E-state index contributed by atoms with van der Waals surface area (Å²) in [4.78, 5) is 44.7. The lowest BCUT2D eigenvalue weighted by molar-refractivity contribution is -0.122. The highest BCUT2D eigenvalue weighted by Gasteiger charge is 2.26. The van der Waals surface area contributed by atoms with E-state index >= 15 is 0 Å². The van der Waals surface area contributed by atoms with Crippen LogP contribution in [0.2, 0.25) is 0 Å². The second kappa shape index (κ2) is 17.5. The number of sulfonamides is 1. The minimum Gasteiger partial charge on any atom is -0.354 e. The van der Waals surface area contributed by atoms with Crippen LogP contribution in [-0.4, -0.2) is 70.4 Å². The van der Waals surface area contributed by atoms with Gasteiger partial charge in [0.1, 0.15) is 7.85 Å². The molecule has 1 saturated carbocycles. The van der Waals surface area contributed by atoms with Gasteiger partial charge in [-0.25, -0.2) is 8.42 Å². The summed E-state index contributed by atoms with van der Waals surface area (Å²) in [5.41, 5.74) is 3.28. The first kappa shape index (κ1) is 38.2. The average molecular weight is 721 g/mol. The Morgan fingerprint density at radius 2 is 1.56 bits per heavy atom. The zero-order chi connectivity index (χ0) is 37.3. The number of hydrogen-bond acceptors (Lipinski definition) is 7. The van der Waals surface area contributed by atoms with E-state index in [0.29, 0.717) is 29.9 Å². The van der Waals surface area contributed by atoms with Crippen molar-refractivity contribution in [2.75, 3.05) is 23.7 Å². The third kappa shape index (κ3) is 11.2. The fourth-order valence-corrected chi connectivity index (χ4v) is 6.55. The van der Waals surface area contributed by atoms with Gasteiger partial charge in [-0.1, -0.05) is 66.1 Å². The lowest BCUT2D eigenvalue weighted by Gasteiger charge is -2.25. The molecular formula is C39H45BN6O5S. The highest BCUT2D eigenvalue weighted by atomic mass is 32.2. The molecule has 1 aromatic heterocycles. The molecule has 1 unspecified atom stereocenters. The van der Waals surface area contributed by atoms with Crippen molar-refractivity contribution in [3.8, 4) is 0 Å². The fraction of sp³-hybridized carbons (Fsp3) is 0.333. The van der Waals surface area contributed by atoms with Crippen molar-refractivity contribution >= 4 is 46.7 Å². The molecule has 4 aromatic rings. The summed E-state index contributed by atoms with van der Waals surface area (Å²) in [5, 5.41) is 12.3. The molecule has 3 aromatic carbocycles. The Labute approximate surface area is 307 Å². The molecule has 1 heterocycles. The van der Waals surface area contributed by atoms with Gasteiger partial charge < -0.3 is 21.3 Å². The summed E-state index contributed by atoms with van der Waals surface area (Å²) < 4.78 is 27.7. The molecule has 52 heavy (non-hydrogen) atoms. The van der Waals surface area contributed by atoms with Gasteiger partial charge in [0.05, 0.1) is 30.6 Å². The van der Waals surface area contributed by atoms with Crippen molar-refractivity contribution in [3.63, 3.8) is 0 Å². The van der Waals surface area contributed by atoms with E-state index in [9.17, 15) is 22.8 Å². The topological polar surface area (TPSA) is 150 Å². The van der Waals surface area contributed by atoms with Gasteiger partial charge >= 0.3 is 0 Å². The van der Waals surface area contributed by atoms with Crippen LogP contribution in [0.3, 0.4) is 0 Å². The maximum absolute atomic E-state index is 14.1. The van der Waals surface area contributed by atoms with Crippen LogP contribution in [0, 0.1) is 5.92 Å². The van der Waals surface area contributed by atoms with E-state index in [2.05, 4.69) is 26.3 Å². The number of nitrogens with zero attached hydrogens (tertiary/aromatic N) is 2. The minimum atomic E-state index is -3.89. The third-order valence-electron chi connectivity index (χ3n) is 8.95. The number of nitrogens with one attached hydrogen (secondary N) is 4. The summed E-state index contributed by atoms with van der Waals surface area (Å²) in [6.07, 6.45) is 7.08. The molecule has 2 radical (unpaired) electrons. The summed E-state index contributed by atoms with van der Waals surface area (Å²) in [5.74, 6) is -0.567. The number of pyridine rings is 1. The molecule has 270 valence electrons. The predicted octanol–water partition coefficient (Wildman–Crippen LogP) is 3.18. The maximum atomic E-state index is 14.1. The zero-order valence-corrected chi connectivity index (χ0v) is 30.5.